The van der Waals surface area contributed by atoms with E-state index >= 15 is 0 Å². The lowest BCUT2D eigenvalue weighted by Crippen LogP contribution is -2.13. The third-order valence-electron chi connectivity index (χ3n) is 3.89. The lowest BCUT2D eigenvalue weighted by atomic mass is 9.89. The van der Waals surface area contributed by atoms with Crippen LogP contribution < -0.4 is 9.47 Å². The number of ether oxygens (including phenoxy) is 2. The van der Waals surface area contributed by atoms with Crippen molar-refractivity contribution >= 4 is 0 Å². The first kappa shape index (κ1) is 13.0. The number of hydrogen-bond donors (Lipinski definition) is 0. The Labute approximate surface area is 119 Å². The molecule has 0 fully saturated rings. The molecule has 2 aromatic rings. The van der Waals surface area contributed by atoms with E-state index in [4.69, 9.17) is 9.47 Å². The van der Waals surface area contributed by atoms with Gasteiger partial charge in [-0.15, -0.1) is 0 Å². The second kappa shape index (κ2) is 5.53. The van der Waals surface area contributed by atoms with Gasteiger partial charge in [0, 0.05) is 11.6 Å². The molecule has 3 heteroatoms. The SMILES string of the molecule is CCC1CCOc2ccc(-c3cccc(OC)n3)cc21. The van der Waals surface area contributed by atoms with Crippen LogP contribution in [0.1, 0.15) is 31.2 Å². The van der Waals surface area contributed by atoms with Crippen molar-refractivity contribution < 1.29 is 9.47 Å². The largest absolute Gasteiger partial charge is 0.493 e. The van der Waals surface area contributed by atoms with Crippen LogP contribution in [0.25, 0.3) is 11.3 Å². The smallest absolute Gasteiger partial charge is 0.213 e. The Kier molecular flexibility index (Phi) is 3.59. The summed E-state index contributed by atoms with van der Waals surface area (Å²) < 4.78 is 10.9. The maximum absolute atomic E-state index is 5.75. The standard InChI is InChI=1S/C17H19NO2/c1-3-12-9-10-20-16-8-7-13(11-14(12)16)15-5-4-6-17(18-15)19-2/h4-8,11-12H,3,9-10H2,1-2H3. The van der Waals surface area contributed by atoms with Gasteiger partial charge in [-0.1, -0.05) is 13.0 Å². The summed E-state index contributed by atoms with van der Waals surface area (Å²) in [4.78, 5) is 4.50. The molecule has 3 rings (SSSR count). The van der Waals surface area contributed by atoms with Gasteiger partial charge in [0.25, 0.3) is 0 Å². The average molecular weight is 269 g/mol. The van der Waals surface area contributed by atoms with Crippen LogP contribution in [-0.4, -0.2) is 18.7 Å². The zero-order chi connectivity index (χ0) is 13.9. The van der Waals surface area contributed by atoms with E-state index in [1.165, 1.54) is 5.56 Å². The summed E-state index contributed by atoms with van der Waals surface area (Å²) in [6, 6.07) is 12.2. The molecule has 0 N–H and O–H groups in total. The average Bonchev–Trinajstić information content (AvgIpc) is 2.53. The molecule has 2 heterocycles. The zero-order valence-corrected chi connectivity index (χ0v) is 11.9. The molecule has 0 amide bonds. The van der Waals surface area contributed by atoms with Gasteiger partial charge in [0.05, 0.1) is 19.4 Å². The number of fused-ring (bicyclic) bond motifs is 1. The van der Waals surface area contributed by atoms with Crippen LogP contribution in [0, 0.1) is 0 Å². The zero-order valence-electron chi connectivity index (χ0n) is 11.9. The Morgan fingerprint density at radius 3 is 3.00 bits per heavy atom. The van der Waals surface area contributed by atoms with E-state index in [1.54, 1.807) is 7.11 Å². The van der Waals surface area contributed by atoms with Crippen LogP contribution in [0.5, 0.6) is 11.6 Å². The molecule has 0 spiro atoms. The van der Waals surface area contributed by atoms with Crippen molar-refractivity contribution in [3.63, 3.8) is 0 Å². The molecular formula is C17H19NO2. The van der Waals surface area contributed by atoms with E-state index in [1.807, 2.05) is 18.2 Å². The van der Waals surface area contributed by atoms with E-state index < -0.39 is 0 Å². The molecule has 0 saturated heterocycles. The Balaban J connectivity index is 2.02. The van der Waals surface area contributed by atoms with Gasteiger partial charge in [-0.25, -0.2) is 4.98 Å². The van der Waals surface area contributed by atoms with Crippen LogP contribution >= 0.6 is 0 Å². The van der Waals surface area contributed by atoms with Crippen LogP contribution in [-0.2, 0) is 0 Å². The molecule has 1 aliphatic heterocycles. The van der Waals surface area contributed by atoms with Gasteiger partial charge >= 0.3 is 0 Å². The summed E-state index contributed by atoms with van der Waals surface area (Å²) in [5, 5.41) is 0. The van der Waals surface area contributed by atoms with Crippen molar-refractivity contribution in [2.24, 2.45) is 0 Å². The fraction of sp³-hybridized carbons (Fsp3) is 0.353. The maximum Gasteiger partial charge on any atom is 0.213 e. The molecule has 1 aromatic heterocycles. The lowest BCUT2D eigenvalue weighted by molar-refractivity contribution is 0.265. The molecule has 1 atom stereocenters. The highest BCUT2D eigenvalue weighted by atomic mass is 16.5. The van der Waals surface area contributed by atoms with Crippen LogP contribution in [0.4, 0.5) is 0 Å². The second-order valence-electron chi connectivity index (χ2n) is 5.06. The first-order valence-corrected chi connectivity index (χ1v) is 7.10. The van der Waals surface area contributed by atoms with Gasteiger partial charge in [0.1, 0.15) is 5.75 Å². The summed E-state index contributed by atoms with van der Waals surface area (Å²) >= 11 is 0. The second-order valence-corrected chi connectivity index (χ2v) is 5.06. The van der Waals surface area contributed by atoms with Gasteiger partial charge in [0.2, 0.25) is 5.88 Å². The first-order chi connectivity index (χ1) is 9.81. The van der Waals surface area contributed by atoms with E-state index in [2.05, 4.69) is 30.1 Å². The summed E-state index contributed by atoms with van der Waals surface area (Å²) in [5.74, 6) is 2.25. The molecule has 104 valence electrons. The van der Waals surface area contributed by atoms with Gasteiger partial charge < -0.3 is 9.47 Å². The highest BCUT2D eigenvalue weighted by molar-refractivity contribution is 5.63. The molecule has 1 unspecified atom stereocenters. The lowest BCUT2D eigenvalue weighted by Gasteiger charge is -2.25. The summed E-state index contributed by atoms with van der Waals surface area (Å²) in [6.07, 6.45) is 2.24. The minimum Gasteiger partial charge on any atom is -0.493 e. The van der Waals surface area contributed by atoms with Crippen molar-refractivity contribution in [3.8, 4) is 22.9 Å². The Morgan fingerprint density at radius 1 is 1.30 bits per heavy atom. The van der Waals surface area contributed by atoms with E-state index in [9.17, 15) is 0 Å². The Morgan fingerprint density at radius 2 is 2.20 bits per heavy atom. The van der Waals surface area contributed by atoms with Crippen molar-refractivity contribution in [1.29, 1.82) is 0 Å². The fourth-order valence-electron chi connectivity index (χ4n) is 2.74. The minimum atomic E-state index is 0.587. The number of benzene rings is 1. The molecule has 1 aliphatic rings. The molecule has 0 bridgehead atoms. The predicted octanol–water partition coefficient (Wildman–Crippen LogP) is 4.03. The molecular weight excluding hydrogens is 250 g/mol. The highest BCUT2D eigenvalue weighted by Crippen LogP contribution is 2.38. The number of methoxy groups -OCH3 is 1. The number of pyridine rings is 1. The molecule has 1 aromatic carbocycles. The van der Waals surface area contributed by atoms with E-state index in [0.29, 0.717) is 11.8 Å². The monoisotopic (exact) mass is 269 g/mol. The van der Waals surface area contributed by atoms with Crippen molar-refractivity contribution in [2.75, 3.05) is 13.7 Å². The van der Waals surface area contributed by atoms with Crippen LogP contribution in [0.3, 0.4) is 0 Å². The Bertz CT molecular complexity index is 610. The van der Waals surface area contributed by atoms with Gasteiger partial charge in [-0.3, -0.25) is 0 Å². The summed E-state index contributed by atoms with van der Waals surface area (Å²) in [7, 11) is 1.64. The van der Waals surface area contributed by atoms with Gasteiger partial charge in [0.15, 0.2) is 0 Å². The molecule has 0 aliphatic carbocycles. The molecule has 20 heavy (non-hydrogen) atoms. The summed E-state index contributed by atoms with van der Waals surface area (Å²) in [5.41, 5.74) is 3.36. The molecule has 3 nitrogen and oxygen atoms in total. The Hall–Kier alpha value is -2.03. The van der Waals surface area contributed by atoms with Crippen molar-refractivity contribution in [2.45, 2.75) is 25.7 Å². The third kappa shape index (κ3) is 2.36. The van der Waals surface area contributed by atoms with Crippen LogP contribution in [0.15, 0.2) is 36.4 Å². The number of nitrogens with zero attached hydrogens (tertiary/aromatic N) is 1. The van der Waals surface area contributed by atoms with Crippen molar-refractivity contribution in [1.82, 2.24) is 4.98 Å². The fourth-order valence-corrected chi connectivity index (χ4v) is 2.74. The van der Waals surface area contributed by atoms with E-state index in [-0.39, 0.29) is 0 Å². The minimum absolute atomic E-state index is 0.587. The summed E-state index contributed by atoms with van der Waals surface area (Å²) in [6.45, 7) is 3.05. The highest BCUT2D eigenvalue weighted by Gasteiger charge is 2.20. The van der Waals surface area contributed by atoms with Crippen molar-refractivity contribution in [3.05, 3.63) is 42.0 Å². The van der Waals surface area contributed by atoms with Crippen LogP contribution in [0.2, 0.25) is 0 Å². The van der Waals surface area contributed by atoms with E-state index in [0.717, 1.165) is 36.5 Å². The quantitative estimate of drug-likeness (QED) is 0.843. The molecule has 0 radical (unpaired) electrons. The third-order valence-corrected chi connectivity index (χ3v) is 3.89. The number of hydrogen-bond acceptors (Lipinski definition) is 3. The topological polar surface area (TPSA) is 31.4 Å². The van der Waals surface area contributed by atoms with Gasteiger partial charge in [-0.2, -0.15) is 0 Å². The number of rotatable bonds is 3. The van der Waals surface area contributed by atoms with Gasteiger partial charge in [-0.05, 0) is 48.6 Å². The normalized spacial score (nSPS) is 17.2. The predicted molar refractivity (Wildman–Crippen MR) is 79.4 cm³/mol. The number of aromatic nitrogens is 1. The maximum atomic E-state index is 5.75. The first-order valence-electron chi connectivity index (χ1n) is 7.10. The molecule has 0 saturated carbocycles.